The molecular formula is C21H16ClFN2O2S. The third-order valence-corrected chi connectivity index (χ3v) is 5.87. The Kier molecular flexibility index (Phi) is 5.15. The Morgan fingerprint density at radius 2 is 1.96 bits per heavy atom. The van der Waals surface area contributed by atoms with Gasteiger partial charge in [-0.15, -0.1) is 11.3 Å². The monoisotopic (exact) mass is 414 g/mol. The number of nitrogens with zero attached hydrogens (tertiary/aromatic N) is 2. The zero-order chi connectivity index (χ0) is 19.7. The van der Waals surface area contributed by atoms with Crippen LogP contribution in [0.1, 0.15) is 26.5 Å². The van der Waals surface area contributed by atoms with E-state index in [2.05, 4.69) is 5.10 Å². The molecule has 0 saturated carbocycles. The van der Waals surface area contributed by atoms with Crippen molar-refractivity contribution in [2.75, 3.05) is 0 Å². The van der Waals surface area contributed by atoms with E-state index in [0.717, 1.165) is 27.0 Å². The second-order valence-electron chi connectivity index (χ2n) is 6.37. The number of benzene rings is 2. The molecule has 7 heteroatoms. The molecule has 0 saturated heterocycles. The molecule has 2 aromatic carbocycles. The lowest BCUT2D eigenvalue weighted by atomic mass is 10.2. The minimum absolute atomic E-state index is 0.0953. The van der Waals surface area contributed by atoms with Crippen molar-refractivity contribution in [3.63, 3.8) is 0 Å². The molecule has 4 aromatic rings. The summed E-state index contributed by atoms with van der Waals surface area (Å²) in [7, 11) is 0. The maximum atomic E-state index is 13.0. The molecule has 2 heterocycles. The molecule has 0 N–H and O–H groups in total. The number of hydrogen-bond donors (Lipinski definition) is 0. The van der Waals surface area contributed by atoms with Gasteiger partial charge in [0.15, 0.2) is 0 Å². The fourth-order valence-electron chi connectivity index (χ4n) is 2.91. The lowest BCUT2D eigenvalue weighted by Gasteiger charge is -2.05. The molecule has 0 radical (unpaired) electrons. The normalized spacial score (nSPS) is 11.1. The molecule has 0 atom stereocenters. The first-order chi connectivity index (χ1) is 13.5. The summed E-state index contributed by atoms with van der Waals surface area (Å²) in [5.41, 5.74) is 2.54. The quantitative estimate of drug-likeness (QED) is 0.399. The average molecular weight is 415 g/mol. The summed E-state index contributed by atoms with van der Waals surface area (Å²) in [5.74, 6) is -0.729. The van der Waals surface area contributed by atoms with Gasteiger partial charge in [-0.25, -0.2) is 9.18 Å². The van der Waals surface area contributed by atoms with Gasteiger partial charge in [-0.1, -0.05) is 41.9 Å². The van der Waals surface area contributed by atoms with E-state index in [9.17, 15) is 9.18 Å². The van der Waals surface area contributed by atoms with Crippen molar-refractivity contribution in [3.05, 3.63) is 87.1 Å². The van der Waals surface area contributed by atoms with Gasteiger partial charge in [0.25, 0.3) is 0 Å². The molecule has 4 nitrogen and oxygen atoms in total. The largest absolute Gasteiger partial charge is 0.457 e. The zero-order valence-corrected chi connectivity index (χ0v) is 16.6. The first-order valence-electron chi connectivity index (χ1n) is 8.63. The van der Waals surface area contributed by atoms with Gasteiger partial charge in [-0.2, -0.15) is 5.10 Å². The van der Waals surface area contributed by atoms with Gasteiger partial charge < -0.3 is 4.74 Å². The number of thiophene rings is 1. The lowest BCUT2D eigenvalue weighted by Crippen LogP contribution is -2.04. The highest BCUT2D eigenvalue weighted by Gasteiger charge is 2.18. The van der Waals surface area contributed by atoms with Gasteiger partial charge in [0.1, 0.15) is 22.1 Å². The van der Waals surface area contributed by atoms with Gasteiger partial charge in [0.05, 0.1) is 12.2 Å². The average Bonchev–Trinajstić information content (AvgIpc) is 3.24. The Balaban J connectivity index is 1.55. The standard InChI is InChI=1S/C21H16ClFN2O2S/c1-13-17-10-19(21(26)27-12-14-6-8-16(23)9-7-14)28-20(17)25(24-13)11-15-4-2-3-5-18(15)22/h2-10H,11-12H2,1H3. The zero-order valence-electron chi connectivity index (χ0n) is 15.0. The van der Waals surface area contributed by atoms with Crippen LogP contribution in [0.3, 0.4) is 0 Å². The highest BCUT2D eigenvalue weighted by atomic mass is 35.5. The summed E-state index contributed by atoms with van der Waals surface area (Å²) in [6.45, 7) is 2.53. The minimum Gasteiger partial charge on any atom is -0.457 e. The van der Waals surface area contributed by atoms with Crippen LogP contribution in [0.25, 0.3) is 10.2 Å². The summed E-state index contributed by atoms with van der Waals surface area (Å²) in [4.78, 5) is 13.9. The number of halogens is 2. The topological polar surface area (TPSA) is 44.1 Å². The van der Waals surface area contributed by atoms with Crippen LogP contribution in [-0.2, 0) is 17.9 Å². The van der Waals surface area contributed by atoms with Crippen molar-refractivity contribution in [2.45, 2.75) is 20.1 Å². The number of hydrogen-bond acceptors (Lipinski definition) is 4. The Morgan fingerprint density at radius 1 is 1.21 bits per heavy atom. The van der Waals surface area contributed by atoms with Crippen molar-refractivity contribution in [2.24, 2.45) is 0 Å². The van der Waals surface area contributed by atoms with Crippen molar-refractivity contribution in [1.82, 2.24) is 9.78 Å². The Hall–Kier alpha value is -2.70. The molecule has 28 heavy (non-hydrogen) atoms. The van der Waals surface area contributed by atoms with Crippen LogP contribution in [-0.4, -0.2) is 15.7 Å². The number of esters is 1. The maximum absolute atomic E-state index is 13.0. The number of ether oxygens (including phenoxy) is 1. The maximum Gasteiger partial charge on any atom is 0.348 e. The number of carbonyl (C=O) groups excluding carboxylic acids is 1. The SMILES string of the molecule is Cc1nn(Cc2ccccc2Cl)c2sc(C(=O)OCc3ccc(F)cc3)cc12. The van der Waals surface area contributed by atoms with Crippen LogP contribution >= 0.6 is 22.9 Å². The van der Waals surface area contributed by atoms with E-state index < -0.39 is 5.97 Å². The van der Waals surface area contributed by atoms with E-state index >= 15 is 0 Å². The Labute approximate surface area is 170 Å². The van der Waals surface area contributed by atoms with E-state index in [0.29, 0.717) is 16.4 Å². The smallest absolute Gasteiger partial charge is 0.348 e. The van der Waals surface area contributed by atoms with Crippen molar-refractivity contribution in [1.29, 1.82) is 0 Å². The molecular weight excluding hydrogens is 399 g/mol. The summed E-state index contributed by atoms with van der Waals surface area (Å²) in [5, 5.41) is 6.17. The predicted molar refractivity (Wildman–Crippen MR) is 108 cm³/mol. The molecule has 0 aliphatic heterocycles. The minimum atomic E-state index is -0.408. The molecule has 4 rings (SSSR count). The molecule has 0 aliphatic rings. The van der Waals surface area contributed by atoms with Crippen LogP contribution in [0.2, 0.25) is 5.02 Å². The Morgan fingerprint density at radius 3 is 2.71 bits per heavy atom. The number of carbonyl (C=O) groups is 1. The van der Waals surface area contributed by atoms with E-state index in [1.807, 2.05) is 35.9 Å². The van der Waals surface area contributed by atoms with Gasteiger partial charge >= 0.3 is 5.97 Å². The molecule has 0 unspecified atom stereocenters. The van der Waals surface area contributed by atoms with Crippen LogP contribution < -0.4 is 0 Å². The van der Waals surface area contributed by atoms with Crippen LogP contribution in [0.15, 0.2) is 54.6 Å². The van der Waals surface area contributed by atoms with Gasteiger partial charge in [0.2, 0.25) is 0 Å². The van der Waals surface area contributed by atoms with Crippen LogP contribution in [0, 0.1) is 12.7 Å². The van der Waals surface area contributed by atoms with Gasteiger partial charge in [0, 0.05) is 10.4 Å². The molecule has 2 aromatic heterocycles. The molecule has 0 amide bonds. The third kappa shape index (κ3) is 3.79. The number of fused-ring (bicyclic) bond motifs is 1. The number of rotatable bonds is 5. The molecule has 0 fully saturated rings. The van der Waals surface area contributed by atoms with Gasteiger partial charge in [-0.3, -0.25) is 4.68 Å². The van der Waals surface area contributed by atoms with E-state index in [-0.39, 0.29) is 12.4 Å². The lowest BCUT2D eigenvalue weighted by molar-refractivity contribution is 0.0478. The van der Waals surface area contributed by atoms with E-state index in [4.69, 9.17) is 16.3 Å². The highest BCUT2D eigenvalue weighted by Crippen LogP contribution is 2.30. The molecule has 0 bridgehead atoms. The summed E-state index contributed by atoms with van der Waals surface area (Å²) < 4.78 is 20.2. The van der Waals surface area contributed by atoms with Crippen LogP contribution in [0.4, 0.5) is 4.39 Å². The molecule has 142 valence electrons. The molecule has 0 spiro atoms. The number of aryl methyl sites for hydroxylation is 1. The highest BCUT2D eigenvalue weighted by molar-refractivity contribution is 7.20. The molecule has 0 aliphatic carbocycles. The first kappa shape index (κ1) is 18.7. The summed E-state index contributed by atoms with van der Waals surface area (Å²) in [6, 6.07) is 15.3. The van der Waals surface area contributed by atoms with Crippen molar-refractivity contribution >= 4 is 39.1 Å². The summed E-state index contributed by atoms with van der Waals surface area (Å²) in [6.07, 6.45) is 0. The van der Waals surface area contributed by atoms with Gasteiger partial charge in [-0.05, 0) is 42.3 Å². The second kappa shape index (κ2) is 7.73. The second-order valence-corrected chi connectivity index (χ2v) is 7.80. The first-order valence-corrected chi connectivity index (χ1v) is 9.82. The summed E-state index contributed by atoms with van der Waals surface area (Å²) >= 11 is 7.60. The Bertz CT molecular complexity index is 1150. The van der Waals surface area contributed by atoms with E-state index in [1.54, 1.807) is 18.2 Å². The van der Waals surface area contributed by atoms with E-state index in [1.165, 1.54) is 23.5 Å². The van der Waals surface area contributed by atoms with Crippen molar-refractivity contribution < 1.29 is 13.9 Å². The fourth-order valence-corrected chi connectivity index (χ4v) is 4.16. The number of aromatic nitrogens is 2. The van der Waals surface area contributed by atoms with Crippen LogP contribution in [0.5, 0.6) is 0 Å². The fraction of sp³-hybridized carbons (Fsp3) is 0.143. The third-order valence-electron chi connectivity index (χ3n) is 4.37. The van der Waals surface area contributed by atoms with Crippen molar-refractivity contribution in [3.8, 4) is 0 Å². The predicted octanol–water partition coefficient (Wildman–Crippen LogP) is 5.60.